The third-order valence-corrected chi connectivity index (χ3v) is 2.74. The van der Waals surface area contributed by atoms with E-state index in [9.17, 15) is 4.79 Å². The lowest BCUT2D eigenvalue weighted by atomic mass is 10.3. The normalized spacial score (nSPS) is 10.8. The molecule has 6 heteroatoms. The topological polar surface area (TPSA) is 61.4 Å². The minimum atomic E-state index is -0.362. The van der Waals surface area contributed by atoms with Gasteiger partial charge >= 0.3 is 5.97 Å². The van der Waals surface area contributed by atoms with Crippen LogP contribution in [-0.4, -0.2) is 32.0 Å². The fourth-order valence-corrected chi connectivity index (χ4v) is 1.84. The van der Waals surface area contributed by atoms with Crippen molar-refractivity contribution in [3.63, 3.8) is 0 Å². The van der Waals surface area contributed by atoms with Gasteiger partial charge < -0.3 is 4.74 Å². The Kier molecular flexibility index (Phi) is 2.75. The van der Waals surface area contributed by atoms with Gasteiger partial charge in [0.15, 0.2) is 0 Å². The number of ether oxygens (including phenoxy) is 1. The van der Waals surface area contributed by atoms with Gasteiger partial charge in [0, 0.05) is 18.6 Å². The minimum Gasteiger partial charge on any atom is -0.462 e. The quantitative estimate of drug-likeness (QED) is 0.669. The van der Waals surface area contributed by atoms with Crippen molar-refractivity contribution in [3.05, 3.63) is 48.5 Å². The molecule has 0 saturated heterocycles. The summed E-state index contributed by atoms with van der Waals surface area (Å²) in [6.45, 7) is 2.13. The number of carbonyl (C=O) groups excluding carboxylic acids is 1. The Morgan fingerprint density at radius 1 is 1.37 bits per heavy atom. The molecule has 0 bridgehead atoms. The first-order chi connectivity index (χ1) is 9.28. The highest BCUT2D eigenvalue weighted by Crippen LogP contribution is 2.12. The van der Waals surface area contributed by atoms with Crippen LogP contribution in [0, 0.1) is 0 Å². The molecule has 3 aromatic rings. The predicted molar refractivity (Wildman–Crippen MR) is 68.3 cm³/mol. The second-order valence-corrected chi connectivity index (χ2v) is 3.98. The molecule has 0 spiro atoms. The molecule has 96 valence electrons. The number of fused-ring (bicyclic) bond motifs is 1. The molecule has 0 fully saturated rings. The van der Waals surface area contributed by atoms with Gasteiger partial charge in [0.1, 0.15) is 0 Å². The molecular weight excluding hydrogens is 244 g/mol. The standard InChI is InChI=1S/C13H12N4O2/c1-2-19-13(18)10-8-15-17(9-10)12-4-6-16-11(7-12)3-5-14-16/h3-9H,2H2,1H3. The van der Waals surface area contributed by atoms with Crippen molar-refractivity contribution in [2.24, 2.45) is 0 Å². The van der Waals surface area contributed by atoms with Crippen molar-refractivity contribution in [2.45, 2.75) is 6.92 Å². The van der Waals surface area contributed by atoms with Crippen LogP contribution in [0.5, 0.6) is 0 Å². The largest absolute Gasteiger partial charge is 0.462 e. The van der Waals surface area contributed by atoms with E-state index in [0.717, 1.165) is 11.2 Å². The van der Waals surface area contributed by atoms with Crippen molar-refractivity contribution in [1.29, 1.82) is 0 Å². The smallest absolute Gasteiger partial charge is 0.341 e. The van der Waals surface area contributed by atoms with Gasteiger partial charge in [-0.2, -0.15) is 10.2 Å². The number of nitrogens with zero attached hydrogens (tertiary/aromatic N) is 4. The Bertz CT molecular complexity index is 729. The fourth-order valence-electron chi connectivity index (χ4n) is 1.84. The number of hydrogen-bond acceptors (Lipinski definition) is 4. The molecule has 19 heavy (non-hydrogen) atoms. The monoisotopic (exact) mass is 256 g/mol. The van der Waals surface area contributed by atoms with Crippen LogP contribution in [0.25, 0.3) is 11.2 Å². The lowest BCUT2D eigenvalue weighted by molar-refractivity contribution is 0.0526. The van der Waals surface area contributed by atoms with E-state index < -0.39 is 0 Å². The molecule has 0 saturated carbocycles. The first-order valence-electron chi connectivity index (χ1n) is 5.93. The van der Waals surface area contributed by atoms with E-state index in [1.165, 1.54) is 6.20 Å². The molecule has 0 amide bonds. The molecule has 0 radical (unpaired) electrons. The van der Waals surface area contributed by atoms with Gasteiger partial charge in [0.25, 0.3) is 0 Å². The third-order valence-electron chi connectivity index (χ3n) is 2.74. The third kappa shape index (κ3) is 2.08. The van der Waals surface area contributed by atoms with Gasteiger partial charge in [-0.3, -0.25) is 0 Å². The van der Waals surface area contributed by atoms with Crippen molar-refractivity contribution < 1.29 is 9.53 Å². The molecule has 3 aromatic heterocycles. The Hall–Kier alpha value is -2.63. The highest BCUT2D eigenvalue weighted by atomic mass is 16.5. The SMILES string of the molecule is CCOC(=O)c1cnn(-c2ccn3nccc3c2)c1. The van der Waals surface area contributed by atoms with Crippen LogP contribution >= 0.6 is 0 Å². The maximum Gasteiger partial charge on any atom is 0.341 e. The zero-order valence-electron chi connectivity index (χ0n) is 10.4. The van der Waals surface area contributed by atoms with Crippen LogP contribution in [0.4, 0.5) is 0 Å². The second kappa shape index (κ2) is 4.56. The Balaban J connectivity index is 1.95. The summed E-state index contributed by atoms with van der Waals surface area (Å²) >= 11 is 0. The van der Waals surface area contributed by atoms with E-state index in [1.807, 2.05) is 24.4 Å². The molecule has 0 atom stereocenters. The maximum atomic E-state index is 11.6. The van der Waals surface area contributed by atoms with Crippen LogP contribution in [0.15, 0.2) is 43.0 Å². The van der Waals surface area contributed by atoms with E-state index in [2.05, 4.69) is 10.2 Å². The molecule has 0 N–H and O–H groups in total. The average Bonchev–Trinajstić information content (AvgIpc) is 3.07. The summed E-state index contributed by atoms with van der Waals surface area (Å²) < 4.78 is 8.33. The van der Waals surface area contributed by atoms with Crippen molar-refractivity contribution >= 4 is 11.5 Å². The summed E-state index contributed by atoms with van der Waals surface area (Å²) in [5.74, 6) is -0.362. The predicted octanol–water partition coefficient (Wildman–Crippen LogP) is 1.70. The Morgan fingerprint density at radius 2 is 2.26 bits per heavy atom. The Labute approximate surface area is 109 Å². The first-order valence-corrected chi connectivity index (χ1v) is 5.93. The van der Waals surface area contributed by atoms with E-state index in [0.29, 0.717) is 12.2 Å². The fraction of sp³-hybridized carbons (Fsp3) is 0.154. The zero-order chi connectivity index (χ0) is 13.2. The number of carbonyl (C=O) groups is 1. The zero-order valence-corrected chi connectivity index (χ0v) is 10.4. The summed E-state index contributed by atoms with van der Waals surface area (Å²) in [7, 11) is 0. The molecule has 3 rings (SSSR count). The second-order valence-electron chi connectivity index (χ2n) is 3.98. The van der Waals surface area contributed by atoms with Gasteiger partial charge in [0.05, 0.1) is 29.6 Å². The van der Waals surface area contributed by atoms with Crippen LogP contribution in [0.1, 0.15) is 17.3 Å². The number of pyridine rings is 1. The van der Waals surface area contributed by atoms with Crippen LogP contribution in [0.3, 0.4) is 0 Å². The molecule has 0 unspecified atom stereocenters. The summed E-state index contributed by atoms with van der Waals surface area (Å²) in [5.41, 5.74) is 2.27. The molecular formula is C13H12N4O2. The highest BCUT2D eigenvalue weighted by Gasteiger charge is 2.10. The summed E-state index contributed by atoms with van der Waals surface area (Å²) in [6, 6.07) is 5.72. The summed E-state index contributed by atoms with van der Waals surface area (Å²) in [4.78, 5) is 11.6. The van der Waals surface area contributed by atoms with E-state index in [1.54, 1.807) is 28.5 Å². The van der Waals surface area contributed by atoms with Gasteiger partial charge in [-0.25, -0.2) is 14.0 Å². The van der Waals surface area contributed by atoms with Gasteiger partial charge in [-0.15, -0.1) is 0 Å². The lowest BCUT2D eigenvalue weighted by Crippen LogP contribution is -2.03. The number of hydrogen-bond donors (Lipinski definition) is 0. The van der Waals surface area contributed by atoms with E-state index in [-0.39, 0.29) is 5.97 Å². The minimum absolute atomic E-state index is 0.353. The summed E-state index contributed by atoms with van der Waals surface area (Å²) in [5, 5.41) is 8.29. The molecule has 0 aliphatic rings. The van der Waals surface area contributed by atoms with Crippen molar-refractivity contribution in [2.75, 3.05) is 6.61 Å². The van der Waals surface area contributed by atoms with Crippen LogP contribution < -0.4 is 0 Å². The number of aromatic nitrogens is 4. The maximum absolute atomic E-state index is 11.6. The first kappa shape index (κ1) is 11.5. The summed E-state index contributed by atoms with van der Waals surface area (Å²) in [6.07, 6.45) is 6.72. The van der Waals surface area contributed by atoms with Crippen LogP contribution in [-0.2, 0) is 4.74 Å². The molecule has 6 nitrogen and oxygen atoms in total. The molecule has 3 heterocycles. The van der Waals surface area contributed by atoms with Crippen molar-refractivity contribution in [1.82, 2.24) is 19.4 Å². The number of esters is 1. The lowest BCUT2D eigenvalue weighted by Gasteiger charge is -2.01. The molecule has 0 aliphatic carbocycles. The van der Waals surface area contributed by atoms with Crippen molar-refractivity contribution in [3.8, 4) is 5.69 Å². The van der Waals surface area contributed by atoms with Gasteiger partial charge in [-0.05, 0) is 25.1 Å². The average molecular weight is 256 g/mol. The van der Waals surface area contributed by atoms with E-state index >= 15 is 0 Å². The van der Waals surface area contributed by atoms with Gasteiger partial charge in [0.2, 0.25) is 0 Å². The Morgan fingerprint density at radius 3 is 3.11 bits per heavy atom. The van der Waals surface area contributed by atoms with E-state index in [4.69, 9.17) is 4.74 Å². The number of rotatable bonds is 3. The molecule has 0 aromatic carbocycles. The van der Waals surface area contributed by atoms with Gasteiger partial charge in [-0.1, -0.05) is 0 Å². The van der Waals surface area contributed by atoms with Crippen LogP contribution in [0.2, 0.25) is 0 Å². The highest BCUT2D eigenvalue weighted by molar-refractivity contribution is 5.88. The molecule has 0 aliphatic heterocycles.